The second-order valence-electron chi connectivity index (χ2n) is 5.01. The van der Waals surface area contributed by atoms with E-state index in [4.69, 9.17) is 14.2 Å². The molecule has 0 bridgehead atoms. The molecule has 1 aromatic carbocycles. The maximum absolute atomic E-state index is 11.4. The number of morpholine rings is 1. The number of anilines is 1. The lowest BCUT2D eigenvalue weighted by atomic mass is 10.1. The summed E-state index contributed by atoms with van der Waals surface area (Å²) in [7, 11) is 3.04. The zero-order valence-electron chi connectivity index (χ0n) is 12.4. The normalized spacial score (nSPS) is 22.1. The SMILES string of the molecule is COCC1CN(c2cccc(OC)c2[N+](=O)[O-])CC(C)O1. The molecule has 2 unspecified atom stereocenters. The van der Waals surface area contributed by atoms with Gasteiger partial charge in [-0.1, -0.05) is 6.07 Å². The van der Waals surface area contributed by atoms with Crippen LogP contribution in [0.4, 0.5) is 11.4 Å². The molecule has 0 aliphatic carbocycles. The molecule has 2 atom stereocenters. The van der Waals surface area contributed by atoms with Gasteiger partial charge in [0, 0.05) is 20.2 Å². The summed E-state index contributed by atoms with van der Waals surface area (Å²) in [5.41, 5.74) is 0.542. The van der Waals surface area contributed by atoms with Gasteiger partial charge in [-0.2, -0.15) is 0 Å². The molecular formula is C14H20N2O5. The summed E-state index contributed by atoms with van der Waals surface area (Å²) in [6.07, 6.45) is -0.130. The van der Waals surface area contributed by atoms with Crippen LogP contribution in [0.25, 0.3) is 0 Å². The molecule has 1 aliphatic rings. The van der Waals surface area contributed by atoms with Crippen molar-refractivity contribution < 1.29 is 19.1 Å². The lowest BCUT2D eigenvalue weighted by Crippen LogP contribution is -2.48. The van der Waals surface area contributed by atoms with Gasteiger partial charge in [0.25, 0.3) is 0 Å². The molecule has 116 valence electrons. The third-order valence-electron chi connectivity index (χ3n) is 3.40. The van der Waals surface area contributed by atoms with E-state index in [1.54, 1.807) is 25.3 Å². The highest BCUT2D eigenvalue weighted by atomic mass is 16.6. The highest BCUT2D eigenvalue weighted by molar-refractivity contribution is 5.70. The molecule has 2 rings (SSSR count). The topological polar surface area (TPSA) is 74.1 Å². The molecule has 0 N–H and O–H groups in total. The summed E-state index contributed by atoms with van der Waals surface area (Å²) in [5, 5.41) is 11.4. The lowest BCUT2D eigenvalue weighted by molar-refractivity contribution is -0.385. The van der Waals surface area contributed by atoms with Crippen molar-refractivity contribution in [3.8, 4) is 5.75 Å². The Morgan fingerprint density at radius 3 is 2.81 bits per heavy atom. The quantitative estimate of drug-likeness (QED) is 0.610. The lowest BCUT2D eigenvalue weighted by Gasteiger charge is -2.37. The van der Waals surface area contributed by atoms with E-state index < -0.39 is 4.92 Å². The second-order valence-corrected chi connectivity index (χ2v) is 5.01. The molecule has 1 heterocycles. The van der Waals surface area contributed by atoms with Crippen molar-refractivity contribution >= 4 is 11.4 Å². The molecule has 0 amide bonds. The van der Waals surface area contributed by atoms with Crippen LogP contribution in [0.2, 0.25) is 0 Å². The number of ether oxygens (including phenoxy) is 3. The van der Waals surface area contributed by atoms with Crippen LogP contribution >= 0.6 is 0 Å². The number of nitro benzene ring substituents is 1. The first-order chi connectivity index (χ1) is 10.1. The molecule has 7 nitrogen and oxygen atoms in total. The van der Waals surface area contributed by atoms with Crippen LogP contribution in [0.3, 0.4) is 0 Å². The molecule has 1 aromatic rings. The third kappa shape index (κ3) is 3.43. The van der Waals surface area contributed by atoms with Gasteiger partial charge in [0.2, 0.25) is 0 Å². The molecule has 1 saturated heterocycles. The first-order valence-corrected chi connectivity index (χ1v) is 6.77. The smallest absolute Gasteiger partial charge is 0.333 e. The summed E-state index contributed by atoms with van der Waals surface area (Å²) in [6.45, 7) is 3.54. The molecule has 1 fully saturated rings. The summed E-state index contributed by atoms with van der Waals surface area (Å²) in [6, 6.07) is 5.09. The van der Waals surface area contributed by atoms with E-state index in [0.717, 1.165) is 0 Å². The molecule has 0 aromatic heterocycles. The fourth-order valence-corrected chi connectivity index (χ4v) is 2.63. The van der Waals surface area contributed by atoms with Gasteiger partial charge in [-0.05, 0) is 19.1 Å². The number of methoxy groups -OCH3 is 2. The number of benzene rings is 1. The van der Waals surface area contributed by atoms with Crippen LogP contribution in [-0.2, 0) is 9.47 Å². The van der Waals surface area contributed by atoms with Gasteiger partial charge >= 0.3 is 5.69 Å². The highest BCUT2D eigenvalue weighted by Gasteiger charge is 2.31. The van der Waals surface area contributed by atoms with E-state index in [1.807, 2.05) is 11.8 Å². The summed E-state index contributed by atoms with van der Waals surface area (Å²) in [4.78, 5) is 12.9. The van der Waals surface area contributed by atoms with Crippen LogP contribution in [0.15, 0.2) is 18.2 Å². The van der Waals surface area contributed by atoms with Crippen molar-refractivity contribution in [1.82, 2.24) is 0 Å². The number of para-hydroxylation sites is 1. The van der Waals surface area contributed by atoms with Gasteiger partial charge in [0.15, 0.2) is 5.75 Å². The van der Waals surface area contributed by atoms with E-state index in [9.17, 15) is 10.1 Å². The van der Waals surface area contributed by atoms with Crippen LogP contribution < -0.4 is 9.64 Å². The van der Waals surface area contributed by atoms with Gasteiger partial charge in [0.05, 0.1) is 30.8 Å². The fraction of sp³-hybridized carbons (Fsp3) is 0.571. The minimum absolute atomic E-state index is 0.00901. The molecular weight excluding hydrogens is 276 g/mol. The number of nitrogens with zero attached hydrogens (tertiary/aromatic N) is 2. The summed E-state index contributed by atoms with van der Waals surface area (Å²) in [5.74, 6) is 0.264. The van der Waals surface area contributed by atoms with Crippen molar-refractivity contribution in [2.45, 2.75) is 19.1 Å². The summed E-state index contributed by atoms with van der Waals surface area (Å²) >= 11 is 0. The van der Waals surface area contributed by atoms with E-state index in [-0.39, 0.29) is 23.6 Å². The zero-order chi connectivity index (χ0) is 15.4. The minimum atomic E-state index is -0.403. The Bertz CT molecular complexity index is 508. The maximum atomic E-state index is 11.4. The number of rotatable bonds is 5. The number of nitro groups is 1. The minimum Gasteiger partial charge on any atom is -0.490 e. The number of hydrogen-bond acceptors (Lipinski definition) is 6. The van der Waals surface area contributed by atoms with Gasteiger partial charge in [-0.15, -0.1) is 0 Å². The van der Waals surface area contributed by atoms with E-state index >= 15 is 0 Å². The van der Waals surface area contributed by atoms with Crippen LogP contribution in [0.1, 0.15) is 6.92 Å². The third-order valence-corrected chi connectivity index (χ3v) is 3.40. The van der Waals surface area contributed by atoms with E-state index in [0.29, 0.717) is 25.4 Å². The second kappa shape index (κ2) is 6.73. The maximum Gasteiger partial charge on any atom is 0.333 e. The van der Waals surface area contributed by atoms with Crippen molar-refractivity contribution in [2.75, 3.05) is 38.8 Å². The number of hydrogen-bond donors (Lipinski definition) is 0. The monoisotopic (exact) mass is 296 g/mol. The zero-order valence-corrected chi connectivity index (χ0v) is 12.4. The molecule has 1 aliphatic heterocycles. The van der Waals surface area contributed by atoms with Crippen LogP contribution in [0.5, 0.6) is 5.75 Å². The van der Waals surface area contributed by atoms with E-state index in [1.165, 1.54) is 7.11 Å². The predicted octanol–water partition coefficient (Wildman–Crippen LogP) is 1.84. The van der Waals surface area contributed by atoms with Gasteiger partial charge in [-0.25, -0.2) is 0 Å². The van der Waals surface area contributed by atoms with Crippen molar-refractivity contribution in [3.63, 3.8) is 0 Å². The Morgan fingerprint density at radius 2 is 2.19 bits per heavy atom. The molecule has 21 heavy (non-hydrogen) atoms. The van der Waals surface area contributed by atoms with Gasteiger partial charge < -0.3 is 19.1 Å². The predicted molar refractivity (Wildman–Crippen MR) is 78.1 cm³/mol. The molecule has 0 spiro atoms. The highest BCUT2D eigenvalue weighted by Crippen LogP contribution is 2.38. The Labute approximate surface area is 123 Å². The summed E-state index contributed by atoms with van der Waals surface area (Å²) < 4.78 is 16.0. The largest absolute Gasteiger partial charge is 0.490 e. The average molecular weight is 296 g/mol. The Morgan fingerprint density at radius 1 is 1.43 bits per heavy atom. The average Bonchev–Trinajstić information content (AvgIpc) is 2.46. The van der Waals surface area contributed by atoms with E-state index in [2.05, 4.69) is 0 Å². The Balaban J connectivity index is 2.34. The molecule has 0 saturated carbocycles. The van der Waals surface area contributed by atoms with Crippen molar-refractivity contribution in [1.29, 1.82) is 0 Å². The first kappa shape index (κ1) is 15.5. The Hall–Kier alpha value is -1.86. The van der Waals surface area contributed by atoms with Crippen molar-refractivity contribution in [2.24, 2.45) is 0 Å². The Kier molecular flexibility index (Phi) is 4.98. The van der Waals surface area contributed by atoms with Crippen LogP contribution in [0, 0.1) is 10.1 Å². The van der Waals surface area contributed by atoms with Gasteiger partial charge in [-0.3, -0.25) is 10.1 Å². The first-order valence-electron chi connectivity index (χ1n) is 6.77. The molecule has 7 heteroatoms. The fourth-order valence-electron chi connectivity index (χ4n) is 2.63. The van der Waals surface area contributed by atoms with Crippen molar-refractivity contribution in [3.05, 3.63) is 28.3 Å². The standard InChI is InChI=1S/C14H20N2O5/c1-10-7-15(8-11(21-10)9-19-2)12-5-4-6-13(20-3)14(12)16(17)18/h4-6,10-11H,7-9H2,1-3H3. The van der Waals surface area contributed by atoms with Crippen LogP contribution in [-0.4, -0.2) is 51.0 Å². The molecule has 0 radical (unpaired) electrons. The van der Waals surface area contributed by atoms with Gasteiger partial charge in [0.1, 0.15) is 5.69 Å².